The number of halogens is 1. The van der Waals surface area contributed by atoms with Crippen molar-refractivity contribution in [3.63, 3.8) is 0 Å². The van der Waals surface area contributed by atoms with Crippen LogP contribution in [0.1, 0.15) is 0 Å². The third-order valence-electron chi connectivity index (χ3n) is 1.94. The molecule has 0 aliphatic rings. The van der Waals surface area contributed by atoms with E-state index in [4.69, 9.17) is 4.74 Å². The van der Waals surface area contributed by atoms with E-state index >= 15 is 0 Å². The molecule has 0 bridgehead atoms. The van der Waals surface area contributed by atoms with E-state index in [1.54, 1.807) is 6.07 Å². The summed E-state index contributed by atoms with van der Waals surface area (Å²) in [6, 6.07) is 5.03. The summed E-state index contributed by atoms with van der Waals surface area (Å²) < 4.78 is 17.5. The minimum atomic E-state index is -0.766. The van der Waals surface area contributed by atoms with Crippen molar-refractivity contribution >= 4 is 11.7 Å². The maximum atomic E-state index is 12.8. The number of anilines is 1. The molecule has 6 heteroatoms. The highest BCUT2D eigenvalue weighted by Crippen LogP contribution is 2.08. The van der Waals surface area contributed by atoms with E-state index in [9.17, 15) is 14.3 Å². The van der Waals surface area contributed by atoms with E-state index in [-0.39, 0.29) is 13.2 Å². The fourth-order valence-corrected chi connectivity index (χ4v) is 1.20. The fourth-order valence-electron chi connectivity index (χ4n) is 1.20. The molecule has 0 radical (unpaired) electrons. The van der Waals surface area contributed by atoms with Crippen molar-refractivity contribution in [2.75, 3.05) is 25.6 Å². The van der Waals surface area contributed by atoms with E-state index in [1.165, 1.54) is 25.3 Å². The van der Waals surface area contributed by atoms with Crippen LogP contribution >= 0.6 is 0 Å². The molecule has 17 heavy (non-hydrogen) atoms. The molecule has 0 aliphatic carbocycles. The van der Waals surface area contributed by atoms with Crippen molar-refractivity contribution in [3.8, 4) is 0 Å². The maximum absolute atomic E-state index is 12.8. The molecule has 1 rings (SSSR count). The van der Waals surface area contributed by atoms with Crippen LogP contribution in [0.2, 0.25) is 0 Å². The Bertz CT molecular complexity index is 373. The molecule has 0 saturated heterocycles. The molecule has 1 unspecified atom stereocenters. The Morgan fingerprint density at radius 1 is 1.59 bits per heavy atom. The van der Waals surface area contributed by atoms with E-state index in [0.29, 0.717) is 5.69 Å². The summed E-state index contributed by atoms with van der Waals surface area (Å²) in [5.74, 6) is -0.429. The standard InChI is InChI=1S/C11H15FN2O3/c1-17-7-10(15)6-13-11(16)14-9-4-2-3-8(12)5-9/h2-5,10,15H,6-7H2,1H3,(H2,13,14,16). The van der Waals surface area contributed by atoms with Gasteiger partial charge in [-0.3, -0.25) is 0 Å². The number of methoxy groups -OCH3 is 1. The van der Waals surface area contributed by atoms with Crippen molar-refractivity contribution in [2.24, 2.45) is 0 Å². The first-order chi connectivity index (χ1) is 8.11. The average Bonchev–Trinajstić information content (AvgIpc) is 2.27. The molecule has 2 amide bonds. The lowest BCUT2D eigenvalue weighted by atomic mass is 10.3. The van der Waals surface area contributed by atoms with Gasteiger partial charge in [-0.1, -0.05) is 6.07 Å². The number of aliphatic hydroxyl groups excluding tert-OH is 1. The Morgan fingerprint density at radius 2 is 2.35 bits per heavy atom. The van der Waals surface area contributed by atoms with E-state index in [2.05, 4.69) is 10.6 Å². The number of carbonyl (C=O) groups excluding carboxylic acids is 1. The number of hydrogen-bond donors (Lipinski definition) is 3. The van der Waals surface area contributed by atoms with Gasteiger partial charge in [0.2, 0.25) is 0 Å². The summed E-state index contributed by atoms with van der Waals surface area (Å²) in [7, 11) is 1.45. The lowest BCUT2D eigenvalue weighted by molar-refractivity contribution is 0.0663. The van der Waals surface area contributed by atoms with Crippen molar-refractivity contribution in [1.29, 1.82) is 0 Å². The lowest BCUT2D eigenvalue weighted by Crippen LogP contribution is -2.37. The Morgan fingerprint density at radius 3 is 3.00 bits per heavy atom. The summed E-state index contributed by atoms with van der Waals surface area (Å²) in [5.41, 5.74) is 0.351. The molecule has 3 N–H and O–H groups in total. The van der Waals surface area contributed by atoms with Gasteiger partial charge in [0.25, 0.3) is 0 Å². The molecule has 0 spiro atoms. The predicted octanol–water partition coefficient (Wildman–Crippen LogP) is 0.954. The van der Waals surface area contributed by atoms with Crippen molar-refractivity contribution < 1.29 is 19.0 Å². The van der Waals surface area contributed by atoms with E-state index in [1.807, 2.05) is 0 Å². The Balaban J connectivity index is 2.34. The number of carbonyl (C=O) groups is 1. The second-order valence-electron chi connectivity index (χ2n) is 3.45. The quantitative estimate of drug-likeness (QED) is 0.720. The lowest BCUT2D eigenvalue weighted by Gasteiger charge is -2.11. The van der Waals surface area contributed by atoms with Crippen molar-refractivity contribution in [2.45, 2.75) is 6.10 Å². The maximum Gasteiger partial charge on any atom is 0.319 e. The summed E-state index contributed by atoms with van der Waals surface area (Å²) >= 11 is 0. The molecule has 1 aromatic carbocycles. The van der Waals surface area contributed by atoms with Crippen LogP contribution in [0.4, 0.5) is 14.9 Å². The Kier molecular flexibility index (Phi) is 5.38. The third kappa shape index (κ3) is 5.28. The fraction of sp³-hybridized carbons (Fsp3) is 0.364. The molecule has 1 aromatic rings. The van der Waals surface area contributed by atoms with E-state index < -0.39 is 18.0 Å². The number of rotatable bonds is 5. The van der Waals surface area contributed by atoms with E-state index in [0.717, 1.165) is 0 Å². The number of hydrogen-bond acceptors (Lipinski definition) is 3. The number of urea groups is 1. The third-order valence-corrected chi connectivity index (χ3v) is 1.94. The Labute approximate surface area is 98.6 Å². The van der Waals surface area contributed by atoms with Crippen LogP contribution in [0.5, 0.6) is 0 Å². The summed E-state index contributed by atoms with van der Waals surface area (Å²) in [6.07, 6.45) is -0.766. The van der Waals surface area contributed by atoms with Gasteiger partial charge in [-0.15, -0.1) is 0 Å². The first kappa shape index (κ1) is 13.4. The first-order valence-electron chi connectivity index (χ1n) is 5.09. The van der Waals surface area contributed by atoms with Gasteiger partial charge < -0.3 is 20.5 Å². The molecule has 94 valence electrons. The van der Waals surface area contributed by atoms with Gasteiger partial charge in [-0.25, -0.2) is 9.18 Å². The zero-order chi connectivity index (χ0) is 12.7. The van der Waals surface area contributed by atoms with Gasteiger partial charge >= 0.3 is 6.03 Å². The molecule has 5 nitrogen and oxygen atoms in total. The highest BCUT2D eigenvalue weighted by molar-refractivity contribution is 5.89. The second kappa shape index (κ2) is 6.82. The van der Waals surface area contributed by atoms with Crippen LogP contribution in [0.25, 0.3) is 0 Å². The zero-order valence-corrected chi connectivity index (χ0v) is 9.44. The van der Waals surface area contributed by atoms with Gasteiger partial charge in [0, 0.05) is 19.3 Å². The molecular weight excluding hydrogens is 227 g/mol. The minimum absolute atomic E-state index is 0.0645. The van der Waals surface area contributed by atoms with Gasteiger partial charge in [0.05, 0.1) is 12.7 Å². The van der Waals surface area contributed by atoms with Gasteiger partial charge in [0.1, 0.15) is 5.82 Å². The largest absolute Gasteiger partial charge is 0.389 e. The van der Waals surface area contributed by atoms with Crippen molar-refractivity contribution in [3.05, 3.63) is 30.1 Å². The number of ether oxygens (including phenoxy) is 1. The SMILES string of the molecule is COCC(O)CNC(=O)Nc1cccc(F)c1. The normalized spacial score (nSPS) is 11.9. The van der Waals surface area contributed by atoms with Crippen LogP contribution < -0.4 is 10.6 Å². The molecule has 0 saturated carbocycles. The van der Waals surface area contributed by atoms with Crippen LogP contribution in [0, 0.1) is 5.82 Å². The summed E-state index contributed by atoms with van der Waals surface area (Å²) in [6.45, 7) is 0.204. The number of amides is 2. The highest BCUT2D eigenvalue weighted by atomic mass is 19.1. The van der Waals surface area contributed by atoms with Crippen LogP contribution in [-0.2, 0) is 4.74 Å². The monoisotopic (exact) mass is 242 g/mol. The average molecular weight is 242 g/mol. The van der Waals surface area contributed by atoms with Gasteiger partial charge in [-0.05, 0) is 18.2 Å². The van der Waals surface area contributed by atoms with Gasteiger partial charge in [-0.2, -0.15) is 0 Å². The molecule has 1 atom stereocenters. The topological polar surface area (TPSA) is 70.6 Å². The van der Waals surface area contributed by atoms with Gasteiger partial charge in [0.15, 0.2) is 0 Å². The molecule has 0 aromatic heterocycles. The smallest absolute Gasteiger partial charge is 0.319 e. The minimum Gasteiger partial charge on any atom is -0.389 e. The summed E-state index contributed by atoms with van der Waals surface area (Å²) in [4.78, 5) is 11.3. The molecule has 0 fully saturated rings. The second-order valence-corrected chi connectivity index (χ2v) is 3.45. The molecule has 0 aliphatic heterocycles. The first-order valence-corrected chi connectivity index (χ1v) is 5.09. The highest BCUT2D eigenvalue weighted by Gasteiger charge is 2.06. The van der Waals surface area contributed by atoms with Crippen LogP contribution in [0.15, 0.2) is 24.3 Å². The Hall–Kier alpha value is -1.66. The van der Waals surface area contributed by atoms with Crippen molar-refractivity contribution in [1.82, 2.24) is 5.32 Å². The number of nitrogens with one attached hydrogen (secondary N) is 2. The zero-order valence-electron chi connectivity index (χ0n) is 9.44. The predicted molar refractivity (Wildman–Crippen MR) is 61.3 cm³/mol. The molecule has 0 heterocycles. The van der Waals surface area contributed by atoms with Crippen LogP contribution in [0.3, 0.4) is 0 Å². The van der Waals surface area contributed by atoms with Crippen LogP contribution in [-0.4, -0.2) is 37.5 Å². The summed E-state index contributed by atoms with van der Waals surface area (Å²) in [5, 5.41) is 14.2. The molecular formula is C11H15FN2O3. The number of benzene rings is 1. The number of aliphatic hydroxyl groups is 1.